The summed E-state index contributed by atoms with van der Waals surface area (Å²) in [7, 11) is -3.69. The lowest BCUT2D eigenvalue weighted by Gasteiger charge is -2.14. The highest BCUT2D eigenvalue weighted by Gasteiger charge is 2.21. The number of carbonyl (C=O) groups is 1. The summed E-state index contributed by atoms with van der Waals surface area (Å²) in [6.07, 6.45) is 5.98. The second-order valence-corrected chi connectivity index (χ2v) is 6.82. The van der Waals surface area contributed by atoms with Gasteiger partial charge in [-0.15, -0.1) is 0 Å². The van der Waals surface area contributed by atoms with Gasteiger partial charge >= 0.3 is 0 Å². The number of hydrogen-bond donors (Lipinski definition) is 2. The van der Waals surface area contributed by atoms with Crippen LogP contribution < -0.4 is 10.0 Å². The van der Waals surface area contributed by atoms with Gasteiger partial charge < -0.3 is 9.88 Å². The van der Waals surface area contributed by atoms with E-state index in [1.54, 1.807) is 30.7 Å². The van der Waals surface area contributed by atoms with Gasteiger partial charge in [-0.3, -0.25) is 4.79 Å². The Balaban J connectivity index is 1.78. The average Bonchev–Trinajstić information content (AvgIpc) is 3.05. The molecule has 8 heteroatoms. The fourth-order valence-electron chi connectivity index (χ4n) is 2.00. The van der Waals surface area contributed by atoms with Crippen LogP contribution in [-0.4, -0.2) is 36.5 Å². The third-order valence-corrected chi connectivity index (χ3v) is 4.79. The Labute approximate surface area is 135 Å². The Kier molecular flexibility index (Phi) is 5.89. The van der Waals surface area contributed by atoms with Crippen molar-refractivity contribution in [3.8, 4) is 0 Å². The summed E-state index contributed by atoms with van der Waals surface area (Å²) in [5.41, 5.74) is 0. The first-order valence-electron chi connectivity index (χ1n) is 7.30. The van der Waals surface area contributed by atoms with Crippen molar-refractivity contribution in [2.45, 2.75) is 30.8 Å². The van der Waals surface area contributed by atoms with Crippen LogP contribution in [0.5, 0.6) is 0 Å². The number of aryl methyl sites for hydroxylation is 1. The average molecular weight is 336 g/mol. The molecule has 23 heavy (non-hydrogen) atoms. The van der Waals surface area contributed by atoms with Gasteiger partial charge in [-0.05, 0) is 25.5 Å². The second kappa shape index (κ2) is 7.89. The maximum atomic E-state index is 12.1. The van der Waals surface area contributed by atoms with Crippen molar-refractivity contribution in [3.63, 3.8) is 0 Å². The second-order valence-electron chi connectivity index (χ2n) is 5.10. The van der Waals surface area contributed by atoms with E-state index in [2.05, 4.69) is 15.0 Å². The number of aromatic nitrogens is 2. The molecule has 0 unspecified atom stereocenters. The molecule has 0 saturated carbocycles. The van der Waals surface area contributed by atoms with E-state index in [9.17, 15) is 13.2 Å². The number of rotatable bonds is 8. The molecule has 0 aliphatic rings. The lowest BCUT2D eigenvalue weighted by atomic mass is 10.3. The summed E-state index contributed by atoms with van der Waals surface area (Å²) in [6, 6.07) is 7.13. The first kappa shape index (κ1) is 17.2. The molecule has 1 aromatic heterocycles. The molecule has 2 aromatic rings. The molecule has 0 bridgehead atoms. The van der Waals surface area contributed by atoms with Crippen LogP contribution in [0.4, 0.5) is 0 Å². The summed E-state index contributed by atoms with van der Waals surface area (Å²) in [5.74, 6) is -0.352. The quantitative estimate of drug-likeness (QED) is 0.696. The number of carbonyl (C=O) groups excluding carboxylic acids is 1. The van der Waals surface area contributed by atoms with Crippen LogP contribution in [0.2, 0.25) is 0 Å². The van der Waals surface area contributed by atoms with Crippen LogP contribution in [0.3, 0.4) is 0 Å². The summed E-state index contributed by atoms with van der Waals surface area (Å²) < 4.78 is 28.5. The molecule has 0 radical (unpaired) electrons. The van der Waals surface area contributed by atoms with Gasteiger partial charge in [0.15, 0.2) is 0 Å². The van der Waals surface area contributed by atoms with Crippen molar-refractivity contribution in [2.75, 3.05) is 6.54 Å². The predicted molar refractivity (Wildman–Crippen MR) is 86.1 cm³/mol. The van der Waals surface area contributed by atoms with E-state index in [0.29, 0.717) is 6.54 Å². The van der Waals surface area contributed by atoms with Gasteiger partial charge in [-0.25, -0.2) is 13.4 Å². The molecular formula is C15H20N4O3S. The summed E-state index contributed by atoms with van der Waals surface area (Å²) in [6.45, 7) is 2.73. The number of benzene rings is 1. The third kappa shape index (κ3) is 5.19. The molecule has 0 saturated heterocycles. The molecule has 1 amide bonds. The molecule has 0 aliphatic carbocycles. The van der Waals surface area contributed by atoms with E-state index in [-0.39, 0.29) is 10.8 Å². The molecular weight excluding hydrogens is 316 g/mol. The lowest BCUT2D eigenvalue weighted by molar-refractivity contribution is -0.122. The zero-order chi connectivity index (χ0) is 16.7. The van der Waals surface area contributed by atoms with Crippen LogP contribution in [0.1, 0.15) is 13.3 Å². The first-order valence-corrected chi connectivity index (χ1v) is 8.78. The standard InChI is InChI=1S/C15H20N4O3S/c1-13(18-23(21,22)14-6-3-2-4-7-14)15(20)17-8-5-10-19-11-9-16-12-19/h2-4,6-7,9,11-13,18H,5,8,10H2,1H3,(H,17,20)/t13-/m1/s1. The smallest absolute Gasteiger partial charge is 0.241 e. The first-order chi connectivity index (χ1) is 11.0. The molecule has 0 aliphatic heterocycles. The van der Waals surface area contributed by atoms with Crippen molar-refractivity contribution in [3.05, 3.63) is 49.1 Å². The molecule has 0 fully saturated rings. The molecule has 2 N–H and O–H groups in total. The summed E-state index contributed by atoms with van der Waals surface area (Å²) in [4.78, 5) is 16.0. The van der Waals surface area contributed by atoms with E-state index in [1.807, 2.05) is 10.8 Å². The van der Waals surface area contributed by atoms with Gasteiger partial charge in [-0.1, -0.05) is 18.2 Å². The zero-order valence-electron chi connectivity index (χ0n) is 12.8. The van der Waals surface area contributed by atoms with Crippen LogP contribution in [0.15, 0.2) is 53.9 Å². The predicted octanol–water partition coefficient (Wildman–Crippen LogP) is 0.756. The molecule has 124 valence electrons. The fourth-order valence-corrected chi connectivity index (χ4v) is 3.22. The molecule has 1 aromatic carbocycles. The minimum Gasteiger partial charge on any atom is -0.355 e. The number of amides is 1. The Hall–Kier alpha value is -2.19. The largest absolute Gasteiger partial charge is 0.355 e. The third-order valence-electron chi connectivity index (χ3n) is 3.23. The molecule has 0 spiro atoms. The maximum Gasteiger partial charge on any atom is 0.241 e. The van der Waals surface area contributed by atoms with Gasteiger partial charge in [0.25, 0.3) is 0 Å². The van der Waals surface area contributed by atoms with Gasteiger partial charge in [0, 0.05) is 25.5 Å². The van der Waals surface area contributed by atoms with E-state index in [4.69, 9.17) is 0 Å². The Morgan fingerprint density at radius 3 is 2.70 bits per heavy atom. The van der Waals surface area contributed by atoms with Crippen molar-refractivity contribution >= 4 is 15.9 Å². The van der Waals surface area contributed by atoms with Gasteiger partial charge in [0.2, 0.25) is 15.9 Å². The Bertz CT molecular complexity index is 714. The van der Waals surface area contributed by atoms with Gasteiger partial charge in [-0.2, -0.15) is 4.72 Å². The highest BCUT2D eigenvalue weighted by molar-refractivity contribution is 7.89. The highest BCUT2D eigenvalue weighted by Crippen LogP contribution is 2.07. The van der Waals surface area contributed by atoms with E-state index in [1.165, 1.54) is 19.1 Å². The van der Waals surface area contributed by atoms with Crippen molar-refractivity contribution < 1.29 is 13.2 Å². The van der Waals surface area contributed by atoms with Gasteiger partial charge in [0.1, 0.15) is 0 Å². The maximum absolute atomic E-state index is 12.1. The normalized spacial score (nSPS) is 12.7. The van der Waals surface area contributed by atoms with E-state index >= 15 is 0 Å². The van der Waals surface area contributed by atoms with Crippen LogP contribution >= 0.6 is 0 Å². The summed E-state index contributed by atoms with van der Waals surface area (Å²) in [5, 5.41) is 2.72. The Morgan fingerprint density at radius 2 is 2.04 bits per heavy atom. The minimum atomic E-state index is -3.69. The zero-order valence-corrected chi connectivity index (χ0v) is 13.7. The molecule has 2 rings (SSSR count). The SMILES string of the molecule is C[C@@H](NS(=O)(=O)c1ccccc1)C(=O)NCCCn1ccnc1. The number of sulfonamides is 1. The minimum absolute atomic E-state index is 0.139. The van der Waals surface area contributed by atoms with Crippen LogP contribution in [0.25, 0.3) is 0 Å². The number of nitrogens with zero attached hydrogens (tertiary/aromatic N) is 2. The number of nitrogens with one attached hydrogen (secondary N) is 2. The van der Waals surface area contributed by atoms with Crippen molar-refractivity contribution in [1.82, 2.24) is 19.6 Å². The number of hydrogen-bond acceptors (Lipinski definition) is 4. The summed E-state index contributed by atoms with van der Waals surface area (Å²) >= 11 is 0. The monoisotopic (exact) mass is 336 g/mol. The number of imidazole rings is 1. The fraction of sp³-hybridized carbons (Fsp3) is 0.333. The highest BCUT2D eigenvalue weighted by atomic mass is 32.2. The van der Waals surface area contributed by atoms with Crippen molar-refractivity contribution in [1.29, 1.82) is 0 Å². The Morgan fingerprint density at radius 1 is 1.30 bits per heavy atom. The molecule has 1 atom stereocenters. The lowest BCUT2D eigenvalue weighted by Crippen LogP contribution is -2.45. The van der Waals surface area contributed by atoms with E-state index < -0.39 is 16.1 Å². The van der Waals surface area contributed by atoms with Crippen molar-refractivity contribution in [2.24, 2.45) is 0 Å². The van der Waals surface area contributed by atoms with Gasteiger partial charge in [0.05, 0.1) is 17.3 Å². The van der Waals surface area contributed by atoms with E-state index in [0.717, 1.165) is 13.0 Å². The van der Waals surface area contributed by atoms with Crippen LogP contribution in [-0.2, 0) is 21.4 Å². The molecule has 1 heterocycles. The topological polar surface area (TPSA) is 93.1 Å². The van der Waals surface area contributed by atoms with Crippen LogP contribution in [0, 0.1) is 0 Å². The molecule has 7 nitrogen and oxygen atoms in total.